The van der Waals surface area contributed by atoms with Crippen LogP contribution in [0.3, 0.4) is 0 Å². The van der Waals surface area contributed by atoms with Crippen LogP contribution in [-0.2, 0) is 4.79 Å². The molecule has 0 spiro atoms. The van der Waals surface area contributed by atoms with E-state index in [-0.39, 0.29) is 12.5 Å². The number of hydrogen-bond donors (Lipinski definition) is 2. The molecule has 2 amide bonds. The van der Waals surface area contributed by atoms with E-state index < -0.39 is 5.91 Å². The van der Waals surface area contributed by atoms with Gasteiger partial charge in [0.15, 0.2) is 6.61 Å². The average Bonchev–Trinajstić information content (AvgIpc) is 3.04. The zero-order valence-corrected chi connectivity index (χ0v) is 14.9. The summed E-state index contributed by atoms with van der Waals surface area (Å²) in [7, 11) is 0. The maximum Gasteiger partial charge on any atom is 0.267 e. The van der Waals surface area contributed by atoms with Gasteiger partial charge in [0.25, 0.3) is 11.8 Å². The molecule has 3 N–H and O–H groups in total. The third-order valence-corrected chi connectivity index (χ3v) is 4.72. The van der Waals surface area contributed by atoms with Crippen molar-refractivity contribution in [1.29, 1.82) is 0 Å². The number of thiazole rings is 1. The number of nitrogens with one attached hydrogen (secondary N) is 1. The highest BCUT2D eigenvalue weighted by molar-refractivity contribution is 7.17. The molecule has 0 aliphatic carbocycles. The van der Waals surface area contributed by atoms with E-state index in [1.165, 1.54) is 11.3 Å². The van der Waals surface area contributed by atoms with Crippen LogP contribution in [0.15, 0.2) is 54.6 Å². The molecule has 0 fully saturated rings. The Balaban J connectivity index is 1.70. The SMILES string of the molecule is Cc1nc(-c2ccccc2)sc1C(=O)Nc1ccc(OCC(N)=O)cc1. The molecule has 26 heavy (non-hydrogen) atoms. The van der Waals surface area contributed by atoms with E-state index in [2.05, 4.69) is 10.3 Å². The number of ether oxygens (including phenoxy) is 1. The number of aromatic nitrogens is 1. The molecule has 2 aromatic carbocycles. The fourth-order valence-corrected chi connectivity index (χ4v) is 3.26. The summed E-state index contributed by atoms with van der Waals surface area (Å²) in [6.45, 7) is 1.63. The molecule has 0 saturated carbocycles. The summed E-state index contributed by atoms with van der Waals surface area (Å²) in [5.74, 6) is -0.257. The fraction of sp³-hybridized carbons (Fsp3) is 0.105. The topological polar surface area (TPSA) is 94.3 Å². The van der Waals surface area contributed by atoms with Crippen LogP contribution in [0.1, 0.15) is 15.4 Å². The Morgan fingerprint density at radius 1 is 1.12 bits per heavy atom. The molecule has 6 nitrogen and oxygen atoms in total. The molecule has 132 valence electrons. The van der Waals surface area contributed by atoms with Crippen molar-refractivity contribution in [2.45, 2.75) is 6.92 Å². The molecule has 0 saturated heterocycles. The first-order chi connectivity index (χ1) is 12.5. The number of aryl methyl sites for hydroxylation is 1. The minimum Gasteiger partial charge on any atom is -0.484 e. The monoisotopic (exact) mass is 367 g/mol. The quantitative estimate of drug-likeness (QED) is 0.699. The van der Waals surface area contributed by atoms with Crippen LogP contribution in [0.4, 0.5) is 5.69 Å². The van der Waals surface area contributed by atoms with E-state index in [1.54, 1.807) is 24.3 Å². The molecular weight excluding hydrogens is 350 g/mol. The smallest absolute Gasteiger partial charge is 0.267 e. The number of carbonyl (C=O) groups excluding carboxylic acids is 2. The highest BCUT2D eigenvalue weighted by atomic mass is 32.1. The fourth-order valence-electron chi connectivity index (χ4n) is 2.29. The predicted molar refractivity (Wildman–Crippen MR) is 101 cm³/mol. The standard InChI is InChI=1S/C19H17N3O3S/c1-12-17(26-19(21-12)13-5-3-2-4-6-13)18(24)22-14-7-9-15(10-8-14)25-11-16(20)23/h2-10H,11H2,1H3,(H2,20,23)(H,22,24). The van der Waals surface area contributed by atoms with Crippen LogP contribution in [0, 0.1) is 6.92 Å². The lowest BCUT2D eigenvalue weighted by Gasteiger charge is -2.06. The summed E-state index contributed by atoms with van der Waals surface area (Å²) < 4.78 is 5.19. The Morgan fingerprint density at radius 3 is 2.46 bits per heavy atom. The van der Waals surface area contributed by atoms with Gasteiger partial charge in [-0.1, -0.05) is 30.3 Å². The summed E-state index contributed by atoms with van der Waals surface area (Å²) in [6, 6.07) is 16.5. The maximum atomic E-state index is 12.5. The number of carbonyl (C=O) groups is 2. The Labute approximate surface area is 154 Å². The van der Waals surface area contributed by atoms with Crippen LogP contribution >= 0.6 is 11.3 Å². The van der Waals surface area contributed by atoms with Gasteiger partial charge in [-0.15, -0.1) is 11.3 Å². The normalized spacial score (nSPS) is 10.3. The van der Waals surface area contributed by atoms with Crippen molar-refractivity contribution in [3.63, 3.8) is 0 Å². The number of amides is 2. The summed E-state index contributed by atoms with van der Waals surface area (Å²) in [6.07, 6.45) is 0. The van der Waals surface area contributed by atoms with Crippen molar-refractivity contribution in [1.82, 2.24) is 4.98 Å². The molecule has 1 heterocycles. The molecule has 3 rings (SSSR count). The summed E-state index contributed by atoms with van der Waals surface area (Å²) >= 11 is 1.36. The zero-order chi connectivity index (χ0) is 18.5. The molecule has 0 radical (unpaired) electrons. The highest BCUT2D eigenvalue weighted by Gasteiger charge is 2.16. The minimum atomic E-state index is -0.544. The number of rotatable bonds is 6. The van der Waals surface area contributed by atoms with Gasteiger partial charge in [0.05, 0.1) is 5.69 Å². The van der Waals surface area contributed by atoms with Crippen molar-refractivity contribution in [3.8, 4) is 16.3 Å². The second-order valence-electron chi connectivity index (χ2n) is 5.53. The molecule has 3 aromatic rings. The van der Waals surface area contributed by atoms with Crippen LogP contribution < -0.4 is 15.8 Å². The minimum absolute atomic E-state index is 0.186. The van der Waals surface area contributed by atoms with Crippen molar-refractivity contribution < 1.29 is 14.3 Å². The molecule has 0 aliphatic rings. The molecule has 0 unspecified atom stereocenters. The lowest BCUT2D eigenvalue weighted by atomic mass is 10.2. The van der Waals surface area contributed by atoms with Crippen LogP contribution in [0.2, 0.25) is 0 Å². The van der Waals surface area contributed by atoms with Gasteiger partial charge in [-0.25, -0.2) is 4.98 Å². The lowest BCUT2D eigenvalue weighted by Crippen LogP contribution is -2.20. The molecular formula is C19H17N3O3S. The zero-order valence-electron chi connectivity index (χ0n) is 14.1. The first-order valence-electron chi connectivity index (χ1n) is 7.88. The summed E-state index contributed by atoms with van der Waals surface area (Å²) in [4.78, 5) is 28.3. The number of benzene rings is 2. The van der Waals surface area contributed by atoms with Gasteiger partial charge in [-0.3, -0.25) is 9.59 Å². The van der Waals surface area contributed by atoms with Crippen LogP contribution in [0.25, 0.3) is 10.6 Å². The Hall–Kier alpha value is -3.19. The maximum absolute atomic E-state index is 12.5. The summed E-state index contributed by atoms with van der Waals surface area (Å²) in [5.41, 5.74) is 7.32. The third-order valence-electron chi connectivity index (χ3n) is 3.52. The molecule has 7 heteroatoms. The first kappa shape index (κ1) is 17.6. The van der Waals surface area contributed by atoms with E-state index in [1.807, 2.05) is 37.3 Å². The Bertz CT molecular complexity index is 921. The highest BCUT2D eigenvalue weighted by Crippen LogP contribution is 2.28. The van der Waals surface area contributed by atoms with E-state index in [4.69, 9.17) is 10.5 Å². The first-order valence-corrected chi connectivity index (χ1v) is 8.70. The summed E-state index contributed by atoms with van der Waals surface area (Å²) in [5, 5.41) is 3.65. The second kappa shape index (κ2) is 7.79. The van der Waals surface area contributed by atoms with Crippen LogP contribution in [0.5, 0.6) is 5.75 Å². The average molecular weight is 367 g/mol. The van der Waals surface area contributed by atoms with E-state index in [0.717, 1.165) is 10.6 Å². The Morgan fingerprint density at radius 2 is 1.81 bits per heavy atom. The van der Waals surface area contributed by atoms with E-state index >= 15 is 0 Å². The second-order valence-corrected chi connectivity index (χ2v) is 6.53. The third kappa shape index (κ3) is 4.25. The number of primary amides is 1. The number of nitrogens with two attached hydrogens (primary N) is 1. The van der Waals surface area contributed by atoms with Crippen molar-refractivity contribution >= 4 is 28.8 Å². The van der Waals surface area contributed by atoms with Gasteiger partial charge in [0.2, 0.25) is 0 Å². The number of nitrogens with zero attached hydrogens (tertiary/aromatic N) is 1. The molecule has 0 atom stereocenters. The van der Waals surface area contributed by atoms with Crippen molar-refractivity contribution in [3.05, 3.63) is 65.2 Å². The van der Waals surface area contributed by atoms with Gasteiger partial charge >= 0.3 is 0 Å². The lowest BCUT2D eigenvalue weighted by molar-refractivity contribution is -0.119. The molecule has 0 bridgehead atoms. The largest absolute Gasteiger partial charge is 0.484 e. The van der Waals surface area contributed by atoms with E-state index in [9.17, 15) is 9.59 Å². The molecule has 1 aromatic heterocycles. The Kier molecular flexibility index (Phi) is 5.28. The van der Waals surface area contributed by atoms with Gasteiger partial charge in [0.1, 0.15) is 15.6 Å². The van der Waals surface area contributed by atoms with Crippen LogP contribution in [-0.4, -0.2) is 23.4 Å². The molecule has 0 aliphatic heterocycles. The van der Waals surface area contributed by atoms with E-state index in [0.29, 0.717) is 22.0 Å². The predicted octanol–water partition coefficient (Wildman–Crippen LogP) is 3.23. The van der Waals surface area contributed by atoms with Gasteiger partial charge in [-0.2, -0.15) is 0 Å². The van der Waals surface area contributed by atoms with Gasteiger partial charge in [0, 0.05) is 11.3 Å². The van der Waals surface area contributed by atoms with Gasteiger partial charge < -0.3 is 15.8 Å². The number of hydrogen-bond acceptors (Lipinski definition) is 5. The van der Waals surface area contributed by atoms with Crippen molar-refractivity contribution in [2.75, 3.05) is 11.9 Å². The van der Waals surface area contributed by atoms with Gasteiger partial charge in [-0.05, 0) is 31.2 Å². The van der Waals surface area contributed by atoms with Crippen molar-refractivity contribution in [2.24, 2.45) is 5.73 Å². The number of anilines is 1.